The van der Waals surface area contributed by atoms with Gasteiger partial charge in [-0.3, -0.25) is 0 Å². The molecule has 72 valence electrons. The van der Waals surface area contributed by atoms with E-state index in [-0.39, 0.29) is 5.13 Å². The van der Waals surface area contributed by atoms with Gasteiger partial charge >= 0.3 is 0 Å². The van der Waals surface area contributed by atoms with Gasteiger partial charge in [0.2, 0.25) is 5.13 Å². The van der Waals surface area contributed by atoms with Crippen molar-refractivity contribution in [3.05, 3.63) is 35.5 Å². The molecule has 0 aliphatic carbocycles. The average molecular weight is 225 g/mol. The molecule has 0 fully saturated rings. The Morgan fingerprint density at radius 3 is 2.57 bits per heavy atom. The van der Waals surface area contributed by atoms with Crippen LogP contribution in [0.5, 0.6) is 0 Å². The van der Waals surface area contributed by atoms with Crippen LogP contribution in [-0.4, -0.2) is 11.2 Å². The van der Waals surface area contributed by atoms with Crippen molar-refractivity contribution >= 4 is 23.1 Å². The first kappa shape index (κ1) is 9.68. The molecule has 0 radical (unpaired) electrons. The minimum atomic E-state index is -0.208. The number of hydrogen-bond donors (Lipinski definition) is 0. The Morgan fingerprint density at radius 1 is 1.29 bits per heavy atom. The first-order valence-corrected chi connectivity index (χ1v) is 6.11. The normalized spacial score (nSPS) is 10.4. The molecule has 0 unspecified atom stereocenters. The molecule has 2 rings (SSSR count). The second kappa shape index (κ2) is 4.11. The third-order valence-electron chi connectivity index (χ3n) is 1.79. The van der Waals surface area contributed by atoms with Gasteiger partial charge < -0.3 is 0 Å². The maximum Gasteiger partial charge on any atom is 0.205 e. The topological polar surface area (TPSA) is 12.9 Å². The zero-order chi connectivity index (χ0) is 9.97. The molecule has 1 aromatic heterocycles. The molecular formula is C10H8FNS2. The summed E-state index contributed by atoms with van der Waals surface area (Å²) in [6.45, 7) is 0. The van der Waals surface area contributed by atoms with Crippen molar-refractivity contribution in [1.82, 2.24) is 4.98 Å². The number of rotatable bonds is 2. The molecule has 1 aromatic carbocycles. The fourth-order valence-corrected chi connectivity index (χ4v) is 2.43. The summed E-state index contributed by atoms with van der Waals surface area (Å²) in [6.07, 6.45) is 1.90. The van der Waals surface area contributed by atoms with Gasteiger partial charge in [0.05, 0.1) is 0 Å². The maximum atomic E-state index is 13.4. The molecule has 0 bridgehead atoms. The Kier molecular flexibility index (Phi) is 2.84. The van der Waals surface area contributed by atoms with Crippen LogP contribution in [0.1, 0.15) is 0 Å². The lowest BCUT2D eigenvalue weighted by atomic mass is 10.2. The van der Waals surface area contributed by atoms with E-state index in [0.717, 1.165) is 21.2 Å². The van der Waals surface area contributed by atoms with E-state index in [1.165, 1.54) is 11.8 Å². The lowest BCUT2D eigenvalue weighted by Gasteiger charge is -1.94. The molecule has 4 heteroatoms. The Balaban J connectivity index is 2.46. The highest BCUT2D eigenvalue weighted by molar-refractivity contribution is 8.00. The van der Waals surface area contributed by atoms with Crippen LogP contribution in [0, 0.1) is 5.13 Å². The highest BCUT2D eigenvalue weighted by Gasteiger charge is 2.11. The Bertz CT molecular complexity index is 425. The SMILES string of the molecule is CSc1nc(-c2ccccc2)c(F)s1. The van der Waals surface area contributed by atoms with Crippen LogP contribution in [0.15, 0.2) is 34.7 Å². The predicted octanol–water partition coefficient (Wildman–Crippen LogP) is 3.67. The van der Waals surface area contributed by atoms with Crippen LogP contribution in [-0.2, 0) is 0 Å². The molecule has 0 saturated carbocycles. The lowest BCUT2D eigenvalue weighted by Crippen LogP contribution is -1.79. The third-order valence-corrected chi connectivity index (χ3v) is 3.62. The van der Waals surface area contributed by atoms with E-state index in [4.69, 9.17) is 0 Å². The van der Waals surface area contributed by atoms with E-state index in [9.17, 15) is 4.39 Å². The average Bonchev–Trinajstić information content (AvgIpc) is 2.61. The maximum absolute atomic E-state index is 13.4. The molecule has 0 N–H and O–H groups in total. The van der Waals surface area contributed by atoms with Crippen LogP contribution in [0.2, 0.25) is 0 Å². The number of nitrogens with zero attached hydrogens (tertiary/aromatic N) is 1. The highest BCUT2D eigenvalue weighted by atomic mass is 32.2. The molecule has 0 aliphatic rings. The van der Waals surface area contributed by atoms with Crippen molar-refractivity contribution in [2.24, 2.45) is 0 Å². The minimum Gasteiger partial charge on any atom is -0.226 e. The molecular weight excluding hydrogens is 217 g/mol. The van der Waals surface area contributed by atoms with Gasteiger partial charge in [-0.2, -0.15) is 4.39 Å². The zero-order valence-electron chi connectivity index (χ0n) is 7.53. The Morgan fingerprint density at radius 2 is 2.00 bits per heavy atom. The summed E-state index contributed by atoms with van der Waals surface area (Å²) in [5.41, 5.74) is 1.29. The van der Waals surface area contributed by atoms with Crippen molar-refractivity contribution in [3.8, 4) is 11.3 Å². The first-order valence-electron chi connectivity index (χ1n) is 4.07. The molecule has 0 amide bonds. The van der Waals surface area contributed by atoms with Crippen molar-refractivity contribution < 1.29 is 4.39 Å². The van der Waals surface area contributed by atoms with Crippen molar-refractivity contribution in [2.45, 2.75) is 4.34 Å². The van der Waals surface area contributed by atoms with E-state index >= 15 is 0 Å². The van der Waals surface area contributed by atoms with Gasteiger partial charge in [-0.15, -0.1) is 0 Å². The fraction of sp³-hybridized carbons (Fsp3) is 0.100. The van der Waals surface area contributed by atoms with E-state index in [1.807, 2.05) is 36.6 Å². The summed E-state index contributed by atoms with van der Waals surface area (Å²) in [5.74, 6) is 0. The van der Waals surface area contributed by atoms with Crippen molar-refractivity contribution in [2.75, 3.05) is 6.26 Å². The van der Waals surface area contributed by atoms with E-state index < -0.39 is 0 Å². The Labute approximate surface area is 90.0 Å². The first-order chi connectivity index (χ1) is 6.81. The number of aromatic nitrogens is 1. The second-order valence-electron chi connectivity index (χ2n) is 2.67. The highest BCUT2D eigenvalue weighted by Crippen LogP contribution is 2.30. The molecule has 0 atom stereocenters. The van der Waals surface area contributed by atoms with Gasteiger partial charge in [-0.25, -0.2) is 4.98 Å². The summed E-state index contributed by atoms with van der Waals surface area (Å²) in [6, 6.07) is 9.40. The van der Waals surface area contributed by atoms with Crippen LogP contribution in [0.25, 0.3) is 11.3 Å². The van der Waals surface area contributed by atoms with Gasteiger partial charge in [-0.1, -0.05) is 53.4 Å². The lowest BCUT2D eigenvalue weighted by molar-refractivity contribution is 0.657. The van der Waals surface area contributed by atoms with E-state index in [0.29, 0.717) is 5.69 Å². The van der Waals surface area contributed by atoms with Crippen molar-refractivity contribution in [1.29, 1.82) is 0 Å². The number of halogens is 1. The quantitative estimate of drug-likeness (QED) is 0.723. The van der Waals surface area contributed by atoms with Crippen LogP contribution in [0.4, 0.5) is 4.39 Å². The predicted molar refractivity (Wildman–Crippen MR) is 59.3 cm³/mol. The summed E-state index contributed by atoms with van der Waals surface area (Å²) < 4.78 is 14.2. The Hall–Kier alpha value is -0.870. The molecule has 1 heterocycles. The number of thioether (sulfide) groups is 1. The van der Waals surface area contributed by atoms with E-state index in [2.05, 4.69) is 4.98 Å². The molecule has 1 nitrogen and oxygen atoms in total. The van der Waals surface area contributed by atoms with Gasteiger partial charge in [0.25, 0.3) is 0 Å². The largest absolute Gasteiger partial charge is 0.226 e. The molecule has 0 saturated heterocycles. The van der Waals surface area contributed by atoms with Crippen molar-refractivity contribution in [3.63, 3.8) is 0 Å². The number of benzene rings is 1. The molecule has 14 heavy (non-hydrogen) atoms. The molecule has 0 aliphatic heterocycles. The van der Waals surface area contributed by atoms with Crippen LogP contribution in [0.3, 0.4) is 0 Å². The van der Waals surface area contributed by atoms with Gasteiger partial charge in [0, 0.05) is 5.56 Å². The number of thiazole rings is 1. The third kappa shape index (κ3) is 1.81. The van der Waals surface area contributed by atoms with Crippen LogP contribution < -0.4 is 0 Å². The monoisotopic (exact) mass is 225 g/mol. The fourth-order valence-electron chi connectivity index (χ4n) is 1.14. The van der Waals surface area contributed by atoms with Gasteiger partial charge in [0.1, 0.15) is 5.69 Å². The standard InChI is InChI=1S/C10H8FNS2/c1-13-10-12-8(9(11)14-10)7-5-3-2-4-6-7/h2-6H,1H3. The smallest absolute Gasteiger partial charge is 0.205 e. The molecule has 0 spiro atoms. The van der Waals surface area contributed by atoms with Gasteiger partial charge in [0.15, 0.2) is 4.34 Å². The second-order valence-corrected chi connectivity index (χ2v) is 4.67. The summed E-state index contributed by atoms with van der Waals surface area (Å²) in [4.78, 5) is 4.20. The number of hydrogen-bond acceptors (Lipinski definition) is 3. The van der Waals surface area contributed by atoms with E-state index in [1.54, 1.807) is 0 Å². The van der Waals surface area contributed by atoms with Gasteiger partial charge in [-0.05, 0) is 6.26 Å². The summed E-state index contributed by atoms with van der Waals surface area (Å²) >= 11 is 2.56. The molecule has 2 aromatic rings. The minimum absolute atomic E-state index is 0.208. The summed E-state index contributed by atoms with van der Waals surface area (Å²) in [7, 11) is 0. The summed E-state index contributed by atoms with van der Waals surface area (Å²) in [5, 5.41) is -0.208. The zero-order valence-corrected chi connectivity index (χ0v) is 9.16. The van der Waals surface area contributed by atoms with Crippen LogP contribution >= 0.6 is 23.1 Å².